The number of carbonyl (C=O) groups is 1. The number of methoxy groups -OCH3 is 1. The maximum Gasteiger partial charge on any atom is 0.239 e. The maximum absolute atomic E-state index is 12.2. The number of hydrogen-bond donors (Lipinski definition) is 3. The Bertz CT molecular complexity index is 679. The molecule has 1 saturated heterocycles. The van der Waals surface area contributed by atoms with Crippen molar-refractivity contribution in [2.75, 3.05) is 38.7 Å². The average Bonchev–Trinajstić information content (AvgIpc) is 3.20. The minimum atomic E-state index is 0. The SMILES string of the molecule is CN=C(NCC(=O)NC1CCCCC1)NC1CCN(c2ccccc2OC)C1.I. The molecule has 162 valence electrons. The first-order valence-electron chi connectivity index (χ1n) is 10.3. The number of para-hydroxylation sites is 2. The molecular formula is C21H34IN5O2. The Kier molecular flexibility index (Phi) is 9.83. The van der Waals surface area contributed by atoms with Gasteiger partial charge < -0.3 is 25.6 Å². The Morgan fingerprint density at radius 3 is 2.62 bits per heavy atom. The van der Waals surface area contributed by atoms with E-state index in [9.17, 15) is 4.79 Å². The second-order valence-electron chi connectivity index (χ2n) is 7.58. The predicted octanol–water partition coefficient (Wildman–Crippen LogP) is 2.51. The van der Waals surface area contributed by atoms with Crippen LogP contribution >= 0.6 is 24.0 Å². The molecule has 1 aromatic rings. The average molecular weight is 515 g/mol. The van der Waals surface area contributed by atoms with Crippen molar-refractivity contribution in [3.63, 3.8) is 0 Å². The lowest BCUT2D eigenvalue weighted by molar-refractivity contribution is -0.120. The van der Waals surface area contributed by atoms with E-state index < -0.39 is 0 Å². The summed E-state index contributed by atoms with van der Waals surface area (Å²) in [5.41, 5.74) is 1.11. The van der Waals surface area contributed by atoms with Crippen molar-refractivity contribution in [3.8, 4) is 5.75 Å². The number of aliphatic imine (C=N–C) groups is 1. The molecule has 0 aromatic heterocycles. The molecule has 3 N–H and O–H groups in total. The first-order chi connectivity index (χ1) is 13.7. The van der Waals surface area contributed by atoms with E-state index in [-0.39, 0.29) is 42.5 Å². The fourth-order valence-corrected chi connectivity index (χ4v) is 4.07. The molecule has 2 fully saturated rings. The van der Waals surface area contributed by atoms with E-state index >= 15 is 0 Å². The van der Waals surface area contributed by atoms with E-state index in [4.69, 9.17) is 4.74 Å². The highest BCUT2D eigenvalue weighted by molar-refractivity contribution is 14.0. The van der Waals surface area contributed by atoms with Gasteiger partial charge in [-0.15, -0.1) is 24.0 Å². The Hall–Kier alpha value is -1.71. The summed E-state index contributed by atoms with van der Waals surface area (Å²) in [5, 5.41) is 9.71. The molecule has 1 aliphatic heterocycles. The second-order valence-corrected chi connectivity index (χ2v) is 7.58. The van der Waals surface area contributed by atoms with Gasteiger partial charge >= 0.3 is 0 Å². The van der Waals surface area contributed by atoms with Gasteiger partial charge in [-0.1, -0.05) is 31.4 Å². The van der Waals surface area contributed by atoms with Gasteiger partial charge in [0.25, 0.3) is 0 Å². The molecule has 0 radical (unpaired) electrons. The van der Waals surface area contributed by atoms with E-state index in [1.54, 1.807) is 14.2 Å². The third-order valence-electron chi connectivity index (χ3n) is 5.57. The lowest BCUT2D eigenvalue weighted by Gasteiger charge is -2.23. The molecule has 1 aromatic carbocycles. The van der Waals surface area contributed by atoms with E-state index in [1.165, 1.54) is 19.3 Å². The van der Waals surface area contributed by atoms with Crippen LogP contribution in [-0.4, -0.2) is 57.7 Å². The van der Waals surface area contributed by atoms with Crippen LogP contribution in [0, 0.1) is 0 Å². The highest BCUT2D eigenvalue weighted by Gasteiger charge is 2.25. The Labute approximate surface area is 191 Å². The zero-order valence-electron chi connectivity index (χ0n) is 17.4. The highest BCUT2D eigenvalue weighted by atomic mass is 127. The summed E-state index contributed by atoms with van der Waals surface area (Å²) in [4.78, 5) is 18.8. The normalized spacial score (nSPS) is 20.0. The van der Waals surface area contributed by atoms with Gasteiger partial charge in [0.15, 0.2) is 5.96 Å². The number of nitrogens with one attached hydrogen (secondary N) is 3. The van der Waals surface area contributed by atoms with Crippen LogP contribution in [0.25, 0.3) is 0 Å². The van der Waals surface area contributed by atoms with Gasteiger partial charge in [0.2, 0.25) is 5.91 Å². The quantitative estimate of drug-likeness (QED) is 0.309. The summed E-state index contributed by atoms with van der Waals surface area (Å²) < 4.78 is 5.48. The van der Waals surface area contributed by atoms with Gasteiger partial charge in [-0.05, 0) is 31.4 Å². The topological polar surface area (TPSA) is 78.0 Å². The number of amides is 1. The Morgan fingerprint density at radius 1 is 1.14 bits per heavy atom. The van der Waals surface area contributed by atoms with E-state index in [2.05, 4.69) is 31.9 Å². The Morgan fingerprint density at radius 2 is 1.90 bits per heavy atom. The monoisotopic (exact) mass is 515 g/mol. The van der Waals surface area contributed by atoms with E-state index in [1.807, 2.05) is 18.2 Å². The summed E-state index contributed by atoms with van der Waals surface area (Å²) in [6.45, 7) is 2.08. The van der Waals surface area contributed by atoms with Crippen molar-refractivity contribution in [1.82, 2.24) is 16.0 Å². The lowest BCUT2D eigenvalue weighted by atomic mass is 9.95. The van der Waals surface area contributed by atoms with Gasteiger partial charge in [-0.25, -0.2) is 0 Å². The molecule has 1 unspecified atom stereocenters. The van der Waals surface area contributed by atoms with Crippen LogP contribution in [0.3, 0.4) is 0 Å². The molecule has 8 heteroatoms. The molecule has 2 aliphatic rings. The highest BCUT2D eigenvalue weighted by Crippen LogP contribution is 2.30. The summed E-state index contributed by atoms with van der Waals surface area (Å²) in [6, 6.07) is 8.70. The molecule has 7 nitrogen and oxygen atoms in total. The molecule has 1 heterocycles. The van der Waals surface area contributed by atoms with Gasteiger partial charge in [0.05, 0.1) is 19.3 Å². The molecule has 1 saturated carbocycles. The lowest BCUT2D eigenvalue weighted by Crippen LogP contribution is -2.49. The van der Waals surface area contributed by atoms with Crippen molar-refractivity contribution >= 4 is 41.5 Å². The summed E-state index contributed by atoms with van der Waals surface area (Å²) in [7, 11) is 3.44. The van der Waals surface area contributed by atoms with Crippen LogP contribution in [0.4, 0.5) is 5.69 Å². The molecule has 0 bridgehead atoms. The molecule has 29 heavy (non-hydrogen) atoms. The summed E-state index contributed by atoms with van der Waals surface area (Å²) in [6.07, 6.45) is 6.92. The summed E-state index contributed by atoms with van der Waals surface area (Å²) >= 11 is 0. The fourth-order valence-electron chi connectivity index (χ4n) is 4.07. The summed E-state index contributed by atoms with van der Waals surface area (Å²) in [5.74, 6) is 1.60. The number of halogens is 1. The maximum atomic E-state index is 12.2. The number of hydrogen-bond acceptors (Lipinski definition) is 4. The van der Waals surface area contributed by atoms with Crippen molar-refractivity contribution in [3.05, 3.63) is 24.3 Å². The number of anilines is 1. The number of ether oxygens (including phenoxy) is 1. The van der Waals surface area contributed by atoms with Crippen LogP contribution in [0.15, 0.2) is 29.3 Å². The third kappa shape index (κ3) is 6.94. The van der Waals surface area contributed by atoms with Crippen molar-refractivity contribution in [1.29, 1.82) is 0 Å². The Balaban J connectivity index is 0.00000300. The van der Waals surface area contributed by atoms with Crippen molar-refractivity contribution in [2.24, 2.45) is 4.99 Å². The van der Waals surface area contributed by atoms with Crippen LogP contribution in [0.5, 0.6) is 5.75 Å². The smallest absolute Gasteiger partial charge is 0.239 e. The predicted molar refractivity (Wildman–Crippen MR) is 129 cm³/mol. The fraction of sp³-hybridized carbons (Fsp3) is 0.619. The minimum Gasteiger partial charge on any atom is -0.495 e. The van der Waals surface area contributed by atoms with Crippen LogP contribution < -0.4 is 25.6 Å². The number of benzene rings is 1. The molecule has 1 aliphatic carbocycles. The van der Waals surface area contributed by atoms with Crippen LogP contribution in [0.1, 0.15) is 38.5 Å². The van der Waals surface area contributed by atoms with Crippen molar-refractivity contribution < 1.29 is 9.53 Å². The first kappa shape index (κ1) is 23.6. The zero-order valence-corrected chi connectivity index (χ0v) is 19.8. The van der Waals surface area contributed by atoms with E-state index in [0.717, 1.165) is 43.8 Å². The standard InChI is InChI=1S/C21H33N5O2.HI/c1-22-21(23-14-20(27)24-16-8-4-3-5-9-16)25-17-12-13-26(15-17)18-10-6-7-11-19(18)28-2;/h6-7,10-11,16-17H,3-5,8-9,12-15H2,1-2H3,(H,24,27)(H2,22,23,25);1H. The van der Waals surface area contributed by atoms with Crippen LogP contribution in [0.2, 0.25) is 0 Å². The van der Waals surface area contributed by atoms with Gasteiger partial charge in [0, 0.05) is 32.2 Å². The number of rotatable bonds is 6. The third-order valence-corrected chi connectivity index (χ3v) is 5.57. The van der Waals surface area contributed by atoms with Gasteiger partial charge in [-0.2, -0.15) is 0 Å². The first-order valence-corrected chi connectivity index (χ1v) is 10.3. The zero-order chi connectivity index (χ0) is 19.8. The number of guanidine groups is 1. The van der Waals surface area contributed by atoms with Gasteiger partial charge in [0.1, 0.15) is 5.75 Å². The van der Waals surface area contributed by atoms with Gasteiger partial charge in [-0.3, -0.25) is 9.79 Å². The largest absolute Gasteiger partial charge is 0.495 e. The molecule has 0 spiro atoms. The van der Waals surface area contributed by atoms with E-state index in [0.29, 0.717) is 12.0 Å². The van der Waals surface area contributed by atoms with Crippen LogP contribution in [-0.2, 0) is 4.79 Å². The minimum absolute atomic E-state index is 0. The molecular weight excluding hydrogens is 481 g/mol. The number of nitrogens with zero attached hydrogens (tertiary/aromatic N) is 2. The number of carbonyl (C=O) groups excluding carboxylic acids is 1. The molecule has 1 atom stereocenters. The second kappa shape index (κ2) is 12.1. The molecule has 1 amide bonds. The van der Waals surface area contributed by atoms with Crippen molar-refractivity contribution in [2.45, 2.75) is 50.6 Å². The molecule has 3 rings (SSSR count).